The molecule has 43 heavy (non-hydrogen) atoms. The Morgan fingerprint density at radius 1 is 1.05 bits per heavy atom. The number of likely N-dealkylation sites (tertiary alicyclic amines) is 1. The largest absolute Gasteiger partial charge is 0.659 e. The molecule has 0 spiro atoms. The molecule has 0 unspecified atom stereocenters. The van der Waals surface area contributed by atoms with Crippen molar-refractivity contribution in [1.82, 2.24) is 15.1 Å². The van der Waals surface area contributed by atoms with Crippen molar-refractivity contribution in [1.29, 1.82) is 0 Å². The van der Waals surface area contributed by atoms with Crippen molar-refractivity contribution in [3.63, 3.8) is 0 Å². The van der Waals surface area contributed by atoms with Crippen LogP contribution in [0, 0.1) is 6.92 Å². The van der Waals surface area contributed by atoms with Crippen molar-refractivity contribution in [2.75, 3.05) is 51.1 Å². The minimum Gasteiger partial charge on any atom is -0.659 e. The monoisotopic (exact) mass is 671 g/mol. The van der Waals surface area contributed by atoms with Crippen LogP contribution in [0.1, 0.15) is 63.0 Å². The van der Waals surface area contributed by atoms with Gasteiger partial charge in [0.2, 0.25) is 11.8 Å². The number of hydrogen-bond donors (Lipinski definition) is 2. The molecule has 3 amide bonds. The number of hydrogen-bond acceptors (Lipinski definition) is 4. The number of nitrogens with one attached hydrogen (secondary N) is 2. The second-order valence-corrected chi connectivity index (χ2v) is 11.2. The van der Waals surface area contributed by atoms with Crippen molar-refractivity contribution in [3.05, 3.63) is 64.1 Å². The van der Waals surface area contributed by atoms with Gasteiger partial charge in [0.15, 0.2) is 0 Å². The normalized spacial score (nSPS) is 18.2. The number of carbonyl (C=O) groups excluding carboxylic acids is 3. The smallest absolute Gasteiger partial charge is 0.267 e. The Morgan fingerprint density at radius 3 is 2.42 bits per heavy atom. The maximum absolute atomic E-state index is 13.6. The summed E-state index contributed by atoms with van der Waals surface area (Å²) in [5, 5.41) is 10.5. The summed E-state index contributed by atoms with van der Waals surface area (Å²) < 4.78 is 27.1. The number of aryl methyl sites for hydroxylation is 1. The first kappa shape index (κ1) is 35.1. The number of allylic oxidation sites excluding steroid dienone is 5. The number of benzene rings is 1. The van der Waals surface area contributed by atoms with Gasteiger partial charge in [-0.15, -0.1) is 13.1 Å². The average molecular weight is 672 g/mol. The molecule has 1 aromatic rings. The van der Waals surface area contributed by atoms with E-state index in [0.717, 1.165) is 47.5 Å². The third-order valence-electron chi connectivity index (χ3n) is 8.01. The first-order chi connectivity index (χ1) is 20.2. The maximum Gasteiger partial charge on any atom is 0.267 e. The minimum atomic E-state index is -2.88. The van der Waals surface area contributed by atoms with E-state index in [-0.39, 0.29) is 58.1 Å². The molecule has 1 aliphatic carbocycles. The van der Waals surface area contributed by atoms with Crippen molar-refractivity contribution in [3.8, 4) is 0 Å². The van der Waals surface area contributed by atoms with Crippen molar-refractivity contribution >= 4 is 29.0 Å². The number of alkyl halides is 2. The molecule has 1 radical (unpaired) electrons. The Bertz CT molecular complexity index is 1250. The molecular formula is C32H42F2N5O3Y-. The first-order valence-electron chi connectivity index (χ1n) is 15.0. The van der Waals surface area contributed by atoms with Gasteiger partial charge in [0, 0.05) is 82.1 Å². The molecule has 0 aromatic heterocycles. The quantitative estimate of drug-likeness (QED) is 0.251. The number of amides is 3. The average Bonchev–Trinajstić information content (AvgIpc) is 3.32. The molecule has 2 aliphatic heterocycles. The summed E-state index contributed by atoms with van der Waals surface area (Å²) in [5.41, 5.74) is 5.14. The number of carbonyl (C=O) groups is 3. The van der Waals surface area contributed by atoms with Crippen molar-refractivity contribution < 1.29 is 55.9 Å². The maximum atomic E-state index is 13.6. The summed E-state index contributed by atoms with van der Waals surface area (Å²) in [7, 11) is 0. The number of halogens is 2. The van der Waals surface area contributed by atoms with Crippen LogP contribution in [0.25, 0.3) is 10.9 Å². The predicted octanol–water partition coefficient (Wildman–Crippen LogP) is 5.17. The Hall–Kier alpha value is -2.43. The van der Waals surface area contributed by atoms with Gasteiger partial charge in [-0.25, -0.2) is 8.78 Å². The Kier molecular flexibility index (Phi) is 13.5. The van der Waals surface area contributed by atoms with E-state index >= 15 is 0 Å². The van der Waals surface area contributed by atoms with E-state index in [9.17, 15) is 23.2 Å². The van der Waals surface area contributed by atoms with E-state index in [1.54, 1.807) is 12.2 Å². The summed E-state index contributed by atoms with van der Waals surface area (Å²) >= 11 is 0. The van der Waals surface area contributed by atoms with Gasteiger partial charge in [0.25, 0.3) is 11.8 Å². The van der Waals surface area contributed by atoms with Gasteiger partial charge in [-0.1, -0.05) is 30.7 Å². The standard InChI is InChI=1S/C32H42F2N5O3.Y/c1-3-4-5-9-26(31(42)36-21-30(41)39-17-14-32(33,34)22-39)27-20-25(11-10-23(27)2)37-28(24-7-6-8-24)12-13-29(40)38-18-15-35-16-19-38;/h4-5,9-11,20,37H,3,6-8,12-19,21-22H2,1-2H3,(H,36,42);/q-1;/b5-4+,26-9+;. The van der Waals surface area contributed by atoms with Gasteiger partial charge in [-0.2, -0.15) is 0 Å². The van der Waals surface area contributed by atoms with Crippen LogP contribution in [-0.2, 0) is 47.1 Å². The molecular weight excluding hydrogens is 629 g/mol. The number of rotatable bonds is 11. The van der Waals surface area contributed by atoms with E-state index in [1.807, 2.05) is 43.0 Å². The van der Waals surface area contributed by atoms with Gasteiger partial charge in [0.1, 0.15) is 0 Å². The molecule has 3 aliphatic rings. The zero-order valence-corrected chi connectivity index (χ0v) is 28.1. The third kappa shape index (κ3) is 10.0. The molecule has 1 saturated carbocycles. The van der Waals surface area contributed by atoms with Crippen LogP contribution in [-0.4, -0.2) is 79.3 Å². The molecule has 11 heteroatoms. The van der Waals surface area contributed by atoms with Crippen LogP contribution < -0.4 is 10.6 Å². The first-order valence-corrected chi connectivity index (χ1v) is 15.0. The second-order valence-electron chi connectivity index (χ2n) is 11.2. The van der Waals surface area contributed by atoms with Crippen molar-refractivity contribution in [2.24, 2.45) is 0 Å². The number of anilines is 1. The Morgan fingerprint density at radius 2 is 1.79 bits per heavy atom. The molecule has 4 rings (SSSR count). The van der Waals surface area contributed by atoms with E-state index < -0.39 is 24.3 Å². The predicted molar refractivity (Wildman–Crippen MR) is 161 cm³/mol. The zero-order valence-electron chi connectivity index (χ0n) is 25.3. The summed E-state index contributed by atoms with van der Waals surface area (Å²) in [6.45, 7) is 5.67. The fraction of sp³-hybridized carbons (Fsp3) is 0.531. The Balaban J connectivity index is 0.00000506. The van der Waals surface area contributed by atoms with Gasteiger partial charge in [0.05, 0.1) is 13.1 Å². The third-order valence-corrected chi connectivity index (χ3v) is 8.01. The molecule has 0 atom stereocenters. The van der Waals surface area contributed by atoms with Crippen LogP contribution in [0.5, 0.6) is 0 Å². The number of piperazine rings is 1. The van der Waals surface area contributed by atoms with E-state index in [4.69, 9.17) is 0 Å². The zero-order chi connectivity index (χ0) is 30.1. The molecule has 2 saturated heterocycles. The number of nitrogens with zero attached hydrogens (tertiary/aromatic N) is 3. The van der Waals surface area contributed by atoms with Crippen LogP contribution in [0.3, 0.4) is 0 Å². The minimum absolute atomic E-state index is 0. The topological polar surface area (TPSA) is 95.8 Å². The molecule has 3 fully saturated rings. The molecule has 2 heterocycles. The van der Waals surface area contributed by atoms with E-state index in [1.165, 1.54) is 5.57 Å². The summed E-state index contributed by atoms with van der Waals surface area (Å²) in [5.74, 6) is -3.72. The molecule has 0 bridgehead atoms. The van der Waals surface area contributed by atoms with E-state index in [2.05, 4.69) is 16.0 Å². The second kappa shape index (κ2) is 16.6. The van der Waals surface area contributed by atoms with Crippen LogP contribution in [0.2, 0.25) is 0 Å². The van der Waals surface area contributed by atoms with Crippen LogP contribution in [0.4, 0.5) is 14.5 Å². The summed E-state index contributed by atoms with van der Waals surface area (Å²) in [4.78, 5) is 41.6. The summed E-state index contributed by atoms with van der Waals surface area (Å²) in [6, 6.07) is 5.81. The molecule has 231 valence electrons. The fourth-order valence-corrected chi connectivity index (χ4v) is 5.29. The van der Waals surface area contributed by atoms with Gasteiger partial charge in [-0.05, 0) is 68.4 Å². The molecule has 8 nitrogen and oxygen atoms in total. The fourth-order valence-electron chi connectivity index (χ4n) is 5.29. The SMILES string of the molecule is CC/C=C/C=C(/C(=O)NCC(=O)N1CCC(F)(F)C1)c1cc(NC(CCC(=O)N2CC[N-]CC2)=C2CCC2)ccc1C.[Y]. The summed E-state index contributed by atoms with van der Waals surface area (Å²) in [6.07, 6.45) is 10.1. The van der Waals surface area contributed by atoms with E-state index in [0.29, 0.717) is 50.2 Å². The Labute approximate surface area is 278 Å². The van der Waals surface area contributed by atoms with Crippen molar-refractivity contribution in [2.45, 2.75) is 64.7 Å². The molecule has 1 aromatic carbocycles. The van der Waals surface area contributed by atoms with Gasteiger partial charge < -0.3 is 25.8 Å². The molecule has 2 N–H and O–H groups in total. The van der Waals surface area contributed by atoms with Gasteiger partial charge in [-0.3, -0.25) is 14.4 Å². The van der Waals surface area contributed by atoms with Crippen LogP contribution in [0.15, 0.2) is 47.7 Å². The van der Waals surface area contributed by atoms with Gasteiger partial charge >= 0.3 is 0 Å². The van der Waals surface area contributed by atoms with Crippen LogP contribution >= 0.6 is 0 Å².